The Morgan fingerprint density at radius 1 is 1.18 bits per heavy atom. The van der Waals surface area contributed by atoms with Crippen LogP contribution in [0, 0.1) is 0 Å². The van der Waals surface area contributed by atoms with Gasteiger partial charge in [0, 0.05) is 54.1 Å². The van der Waals surface area contributed by atoms with Gasteiger partial charge >= 0.3 is 5.97 Å². The minimum atomic E-state index is -1.25. The lowest BCUT2D eigenvalue weighted by Crippen LogP contribution is -2.45. The number of hydrogen-bond acceptors (Lipinski definition) is 10. The lowest BCUT2D eigenvalue weighted by atomic mass is 9.74. The van der Waals surface area contributed by atoms with Crippen LogP contribution in [0.25, 0.3) is 16.5 Å². The molecule has 0 amide bonds. The van der Waals surface area contributed by atoms with Crippen LogP contribution in [0.15, 0.2) is 59.5 Å². The van der Waals surface area contributed by atoms with Crippen molar-refractivity contribution in [3.8, 4) is 17.2 Å². The van der Waals surface area contributed by atoms with Crippen molar-refractivity contribution in [2.75, 3.05) is 19.8 Å². The molecule has 2 aliphatic heterocycles. The van der Waals surface area contributed by atoms with Crippen LogP contribution >= 0.6 is 0 Å². The van der Waals surface area contributed by atoms with Crippen molar-refractivity contribution >= 4 is 34.5 Å². The van der Waals surface area contributed by atoms with E-state index in [0.29, 0.717) is 48.0 Å². The molecule has 4 aliphatic rings. The topological polar surface area (TPSA) is 165 Å². The molecule has 3 aromatic rings. The molecule has 1 aromatic heterocycles. The van der Waals surface area contributed by atoms with E-state index in [1.165, 1.54) is 0 Å². The lowest BCUT2D eigenvalue weighted by molar-refractivity contribution is -0.141. The Morgan fingerprint density at radius 2 is 2.02 bits per heavy atom. The average molecular weight is 670 g/mol. The van der Waals surface area contributed by atoms with Gasteiger partial charge in [-0.25, -0.2) is 4.79 Å². The number of H-pyrrole nitrogens is 1. The van der Waals surface area contributed by atoms with Crippen LogP contribution in [0.2, 0.25) is 0 Å². The van der Waals surface area contributed by atoms with E-state index >= 15 is 0 Å². The van der Waals surface area contributed by atoms with Crippen LogP contribution < -0.4 is 14.2 Å². The number of aliphatic hydroxyl groups excluding tert-OH is 2. The summed E-state index contributed by atoms with van der Waals surface area (Å²) in [5.74, 6) is -1.50. The third kappa shape index (κ3) is 5.46. The molecule has 3 heterocycles. The van der Waals surface area contributed by atoms with Gasteiger partial charge in [0.05, 0.1) is 36.5 Å². The van der Waals surface area contributed by atoms with Gasteiger partial charge in [-0.05, 0) is 62.3 Å². The Labute approximate surface area is 282 Å². The fraction of sp³-hybridized carbons (Fsp3) is 0.395. The smallest absolute Gasteiger partial charge is 0.375 e. The molecule has 11 nitrogen and oxygen atoms in total. The van der Waals surface area contributed by atoms with Crippen LogP contribution in [0.1, 0.15) is 80.0 Å². The number of benzene rings is 2. The summed E-state index contributed by atoms with van der Waals surface area (Å²) in [5, 5.41) is 32.9. The molecule has 2 aliphatic carbocycles. The van der Waals surface area contributed by atoms with Crippen molar-refractivity contribution in [3.05, 3.63) is 81.8 Å². The summed E-state index contributed by atoms with van der Waals surface area (Å²) in [4.78, 5) is 43.2. The highest BCUT2D eigenvalue weighted by Gasteiger charge is 2.51. The first-order chi connectivity index (χ1) is 23.7. The van der Waals surface area contributed by atoms with E-state index in [9.17, 15) is 29.7 Å². The van der Waals surface area contributed by atoms with Crippen molar-refractivity contribution in [1.29, 1.82) is 0 Å². The van der Waals surface area contributed by atoms with Gasteiger partial charge < -0.3 is 39.3 Å². The summed E-state index contributed by atoms with van der Waals surface area (Å²) in [7, 11) is 0. The number of carbonyl (C=O) groups is 3. The molecule has 11 heteroatoms. The number of aliphatic hydroxyl groups is 3. The molecule has 1 fully saturated rings. The summed E-state index contributed by atoms with van der Waals surface area (Å²) < 4.78 is 24.5. The highest BCUT2D eigenvalue weighted by atomic mass is 16.6. The van der Waals surface area contributed by atoms with Gasteiger partial charge in [0.2, 0.25) is 5.76 Å². The number of aldehydes is 1. The highest BCUT2D eigenvalue weighted by molar-refractivity contribution is 6.11. The monoisotopic (exact) mass is 669 g/mol. The zero-order valence-electron chi connectivity index (χ0n) is 27.4. The van der Waals surface area contributed by atoms with Gasteiger partial charge in [-0.3, -0.25) is 9.59 Å². The van der Waals surface area contributed by atoms with E-state index in [-0.39, 0.29) is 66.8 Å². The third-order valence-corrected chi connectivity index (χ3v) is 9.98. The number of Topliss-reactive ketones (excluding diaryl/α,β-unsaturated/α-hetero) is 1. The third-order valence-electron chi connectivity index (χ3n) is 9.98. The number of hydrogen-bond donors (Lipinski definition) is 4. The van der Waals surface area contributed by atoms with Crippen molar-refractivity contribution in [3.63, 3.8) is 0 Å². The largest absolute Gasteiger partial charge is 0.492 e. The average Bonchev–Trinajstić information content (AvgIpc) is 3.73. The van der Waals surface area contributed by atoms with Gasteiger partial charge in [-0.2, -0.15) is 0 Å². The number of carbonyl (C=O) groups excluding carboxylic acids is 3. The van der Waals surface area contributed by atoms with E-state index in [2.05, 4.69) is 4.98 Å². The van der Waals surface area contributed by atoms with Crippen molar-refractivity contribution in [2.24, 2.45) is 0 Å². The van der Waals surface area contributed by atoms with Crippen LogP contribution in [-0.2, 0) is 25.7 Å². The van der Waals surface area contributed by atoms with Crippen molar-refractivity contribution in [1.82, 2.24) is 4.98 Å². The second-order valence-electron chi connectivity index (χ2n) is 13.1. The quantitative estimate of drug-likeness (QED) is 0.109. The number of ketones is 1. The summed E-state index contributed by atoms with van der Waals surface area (Å²) in [5.41, 5.74) is 2.74. The van der Waals surface area contributed by atoms with E-state index in [0.717, 1.165) is 22.0 Å². The molecular formula is C38H39NO10. The number of esters is 1. The van der Waals surface area contributed by atoms with Gasteiger partial charge in [-0.1, -0.05) is 23.8 Å². The standard InChI is InChI=1S/C38H39NO10/c1-3-46-37(44)34-25(18-41)29(22-8-10-28(43)24(17-22)20-7-9-27-21(16-20)11-13-39-27)31-33(48-34)26(19-42)32-30(35(31)47-15-5-14-40)23-6-4-12-38(2,45)36(23)49-32/h4,6-7,9,11,13,16,18,23-24,36,39-40,42,45H,3,5,8,10,12,14-15,17,19H2,1-2H3/b29-22+/t23-,24-,36-,38+/m0/s1. The van der Waals surface area contributed by atoms with Crippen LogP contribution in [0.5, 0.6) is 17.2 Å². The number of aromatic amines is 1. The number of aromatic nitrogens is 1. The number of rotatable bonds is 9. The first kappa shape index (κ1) is 32.8. The Morgan fingerprint density at radius 3 is 2.78 bits per heavy atom. The first-order valence-electron chi connectivity index (χ1n) is 16.7. The predicted octanol–water partition coefficient (Wildman–Crippen LogP) is 4.68. The molecular weight excluding hydrogens is 630 g/mol. The molecule has 2 aromatic carbocycles. The maximum absolute atomic E-state index is 13.5. The predicted molar refractivity (Wildman–Crippen MR) is 178 cm³/mol. The molecule has 0 bridgehead atoms. The normalized spacial score (nSPS) is 25.7. The molecule has 256 valence electrons. The Bertz CT molecular complexity index is 1950. The lowest BCUT2D eigenvalue weighted by Gasteiger charge is -2.34. The van der Waals surface area contributed by atoms with E-state index in [1.54, 1.807) is 13.8 Å². The Hall–Kier alpha value is -4.71. The molecule has 0 spiro atoms. The summed E-state index contributed by atoms with van der Waals surface area (Å²) in [6, 6.07) is 7.79. The minimum absolute atomic E-state index is 0.0231. The van der Waals surface area contributed by atoms with E-state index in [1.807, 2.05) is 42.6 Å². The Balaban J connectivity index is 1.50. The molecule has 0 saturated heterocycles. The van der Waals surface area contributed by atoms with Gasteiger partial charge in [0.1, 0.15) is 34.7 Å². The number of fused-ring (bicyclic) bond motifs is 5. The SMILES string of the molecule is CCOC(=O)C1=C(C=O)/C(=C2/CCC(=O)[C@H](c3ccc4[nH]ccc4c3)C2)c2c(c(CO)c3c(c2OCCCO)[C@@H]2C=CC[C@@](C)(O)[C@H]2O3)O1. The van der Waals surface area contributed by atoms with Gasteiger partial charge in [0.15, 0.2) is 6.29 Å². The molecule has 0 unspecified atom stereocenters. The zero-order valence-corrected chi connectivity index (χ0v) is 27.4. The van der Waals surface area contributed by atoms with Crippen LogP contribution in [0.4, 0.5) is 0 Å². The molecule has 4 N–H and O–H groups in total. The summed E-state index contributed by atoms with van der Waals surface area (Å²) in [6.45, 7) is 2.75. The molecule has 4 atom stereocenters. The molecule has 1 saturated carbocycles. The molecule has 49 heavy (non-hydrogen) atoms. The highest BCUT2D eigenvalue weighted by Crippen LogP contribution is 2.60. The Kier molecular flexibility index (Phi) is 8.68. The maximum atomic E-state index is 13.5. The van der Waals surface area contributed by atoms with Crippen LogP contribution in [0.3, 0.4) is 0 Å². The fourth-order valence-corrected chi connectivity index (χ4v) is 7.66. The second-order valence-corrected chi connectivity index (χ2v) is 13.1. The maximum Gasteiger partial charge on any atom is 0.375 e. The van der Waals surface area contributed by atoms with E-state index in [4.69, 9.17) is 18.9 Å². The number of nitrogens with one attached hydrogen (secondary N) is 1. The van der Waals surface area contributed by atoms with Crippen LogP contribution in [-0.4, -0.2) is 69.9 Å². The van der Waals surface area contributed by atoms with Crippen molar-refractivity contribution < 1.29 is 48.7 Å². The van der Waals surface area contributed by atoms with Gasteiger partial charge in [-0.15, -0.1) is 0 Å². The second kappa shape index (κ2) is 13.0. The van der Waals surface area contributed by atoms with Crippen molar-refractivity contribution in [2.45, 2.75) is 76.1 Å². The summed E-state index contributed by atoms with van der Waals surface area (Å²) in [6.07, 6.45) is 6.89. The zero-order chi connectivity index (χ0) is 34.4. The minimum Gasteiger partial charge on any atom is -0.492 e. The molecule has 7 rings (SSSR count). The fourth-order valence-electron chi connectivity index (χ4n) is 7.66. The number of allylic oxidation sites excluding steroid dienone is 3. The summed E-state index contributed by atoms with van der Waals surface area (Å²) >= 11 is 0. The first-order valence-corrected chi connectivity index (χ1v) is 16.7. The van der Waals surface area contributed by atoms with E-state index < -0.39 is 36.1 Å². The molecule has 0 radical (unpaired) electrons. The number of ether oxygens (including phenoxy) is 4. The van der Waals surface area contributed by atoms with Gasteiger partial charge in [0.25, 0.3) is 0 Å².